The maximum atomic E-state index is 13.5. The average Bonchev–Trinajstić information content (AvgIpc) is 3.42. The lowest BCUT2D eigenvalue weighted by Gasteiger charge is -2.28. The lowest BCUT2D eigenvalue weighted by molar-refractivity contribution is -0.138. The first-order chi connectivity index (χ1) is 22.2. The maximum absolute atomic E-state index is 13.5. The maximum Gasteiger partial charge on any atom is 0.322 e. The minimum Gasteiger partial charge on any atom is -0.480 e. The van der Waals surface area contributed by atoms with E-state index >= 15 is 0 Å². The molecule has 47 heavy (non-hydrogen) atoms. The number of carboxylic acid groups (broad SMARTS) is 1. The third-order valence-corrected chi connectivity index (χ3v) is 7.48. The standard InChI is InChI=1S/C32H50N8O7/c1-18(2)13-25(39-29(44)22(34)14-20-15-35-23-10-6-5-9-21(20)23)31(46)40-28(19(3)4)32(47)38-24(11-7-8-12-33)30(45)37-16-26(41)36-17-27(42)43/h5-6,9-10,15,18-19,22,24-25,28,35H,7-8,11-14,16-17,33-34H2,1-4H3,(H,36,41)(H,37,45)(H,38,47)(H,39,44)(H,40,46)(H,42,43)/t22-,24-,25-,28-/m0/s1. The van der Waals surface area contributed by atoms with Gasteiger partial charge in [0.1, 0.15) is 24.7 Å². The van der Waals surface area contributed by atoms with Crippen molar-refractivity contribution < 1.29 is 33.9 Å². The fourth-order valence-corrected chi connectivity index (χ4v) is 4.95. The number of unbranched alkanes of at least 4 members (excludes halogenated alkanes) is 1. The number of hydrogen-bond donors (Lipinski definition) is 9. The van der Waals surface area contributed by atoms with Gasteiger partial charge in [0.05, 0.1) is 12.6 Å². The van der Waals surface area contributed by atoms with E-state index in [-0.39, 0.29) is 25.2 Å². The molecule has 0 aliphatic carbocycles. The minimum atomic E-state index is -1.23. The molecule has 15 heteroatoms. The number of nitrogens with one attached hydrogen (secondary N) is 6. The Bertz CT molecular complexity index is 1380. The van der Waals surface area contributed by atoms with Crippen molar-refractivity contribution >= 4 is 46.4 Å². The zero-order chi connectivity index (χ0) is 35.1. The Balaban J connectivity index is 2.10. The van der Waals surface area contributed by atoms with Gasteiger partial charge in [0.25, 0.3) is 0 Å². The minimum absolute atomic E-state index is 0.0190. The number of H-pyrrole nitrogens is 1. The molecule has 15 nitrogen and oxygen atoms in total. The molecular weight excluding hydrogens is 608 g/mol. The summed E-state index contributed by atoms with van der Waals surface area (Å²) in [6.45, 7) is 6.55. The van der Waals surface area contributed by atoms with Crippen LogP contribution in [0.25, 0.3) is 10.9 Å². The summed E-state index contributed by atoms with van der Waals surface area (Å²) >= 11 is 0. The van der Waals surface area contributed by atoms with Crippen molar-refractivity contribution in [2.75, 3.05) is 19.6 Å². The van der Waals surface area contributed by atoms with Crippen LogP contribution in [0.2, 0.25) is 0 Å². The third kappa shape index (κ3) is 13.0. The molecule has 0 fully saturated rings. The van der Waals surface area contributed by atoms with E-state index in [0.29, 0.717) is 19.4 Å². The molecule has 0 spiro atoms. The number of aliphatic carboxylic acids is 1. The van der Waals surface area contributed by atoms with Crippen molar-refractivity contribution in [1.82, 2.24) is 31.6 Å². The van der Waals surface area contributed by atoms with Crippen LogP contribution < -0.4 is 38.1 Å². The number of nitrogens with two attached hydrogens (primary N) is 2. The molecule has 1 aromatic carbocycles. The summed E-state index contributed by atoms with van der Waals surface area (Å²) in [6, 6.07) is 3.65. The van der Waals surface area contributed by atoms with Gasteiger partial charge in [-0.2, -0.15) is 0 Å². The molecular formula is C32H50N8O7. The Morgan fingerprint density at radius 1 is 0.830 bits per heavy atom. The Morgan fingerprint density at radius 3 is 2.15 bits per heavy atom. The number of hydrogen-bond acceptors (Lipinski definition) is 8. The number of benzene rings is 1. The van der Waals surface area contributed by atoms with Gasteiger partial charge in [-0.15, -0.1) is 0 Å². The monoisotopic (exact) mass is 658 g/mol. The third-order valence-electron chi connectivity index (χ3n) is 7.48. The first-order valence-corrected chi connectivity index (χ1v) is 15.9. The molecule has 1 aromatic heterocycles. The molecule has 2 rings (SSSR count). The van der Waals surface area contributed by atoms with Gasteiger partial charge >= 0.3 is 5.97 Å². The zero-order valence-electron chi connectivity index (χ0n) is 27.6. The highest BCUT2D eigenvalue weighted by Crippen LogP contribution is 2.19. The van der Waals surface area contributed by atoms with Crippen LogP contribution in [0.3, 0.4) is 0 Å². The molecule has 0 aliphatic rings. The summed E-state index contributed by atoms with van der Waals surface area (Å²) in [4.78, 5) is 78.8. The highest BCUT2D eigenvalue weighted by atomic mass is 16.4. The second kappa shape index (κ2) is 19.2. The molecule has 0 saturated heterocycles. The van der Waals surface area contributed by atoms with E-state index in [4.69, 9.17) is 16.6 Å². The fraction of sp³-hybridized carbons (Fsp3) is 0.562. The van der Waals surface area contributed by atoms with E-state index in [1.807, 2.05) is 38.1 Å². The molecule has 0 aliphatic heterocycles. The van der Waals surface area contributed by atoms with Gasteiger partial charge in [0, 0.05) is 17.1 Å². The second-order valence-electron chi connectivity index (χ2n) is 12.3. The Labute approximate surface area is 274 Å². The van der Waals surface area contributed by atoms with Crippen molar-refractivity contribution in [3.63, 3.8) is 0 Å². The molecule has 0 saturated carbocycles. The Morgan fingerprint density at radius 2 is 1.51 bits per heavy atom. The van der Waals surface area contributed by atoms with Gasteiger partial charge in [0.15, 0.2) is 0 Å². The smallest absolute Gasteiger partial charge is 0.322 e. The van der Waals surface area contributed by atoms with Gasteiger partial charge in [-0.25, -0.2) is 0 Å². The lowest BCUT2D eigenvalue weighted by Crippen LogP contribution is -2.59. The van der Waals surface area contributed by atoms with Crippen LogP contribution in [0, 0.1) is 11.8 Å². The number of fused-ring (bicyclic) bond motifs is 1. The molecule has 0 unspecified atom stereocenters. The van der Waals surface area contributed by atoms with Crippen LogP contribution in [0.15, 0.2) is 30.5 Å². The first kappa shape index (κ1) is 38.7. The van der Waals surface area contributed by atoms with Crippen molar-refractivity contribution in [2.24, 2.45) is 23.3 Å². The quantitative estimate of drug-likeness (QED) is 0.0841. The van der Waals surface area contributed by atoms with E-state index < -0.39 is 78.7 Å². The second-order valence-corrected chi connectivity index (χ2v) is 12.3. The number of carbonyl (C=O) groups is 6. The number of amides is 5. The van der Waals surface area contributed by atoms with Crippen molar-refractivity contribution in [3.8, 4) is 0 Å². The molecule has 5 amide bonds. The van der Waals surface area contributed by atoms with Crippen LogP contribution >= 0.6 is 0 Å². The lowest BCUT2D eigenvalue weighted by atomic mass is 9.98. The van der Waals surface area contributed by atoms with Crippen LogP contribution in [0.1, 0.15) is 58.9 Å². The number of carbonyl (C=O) groups excluding carboxylic acids is 5. The van der Waals surface area contributed by atoms with E-state index in [2.05, 4.69) is 31.6 Å². The largest absolute Gasteiger partial charge is 0.480 e. The molecule has 0 radical (unpaired) electrons. The first-order valence-electron chi connectivity index (χ1n) is 15.9. The summed E-state index contributed by atoms with van der Waals surface area (Å²) < 4.78 is 0. The van der Waals surface area contributed by atoms with Crippen LogP contribution in [0.4, 0.5) is 0 Å². The predicted octanol–water partition coefficient (Wildman–Crippen LogP) is -0.360. The number of aromatic nitrogens is 1. The molecule has 11 N–H and O–H groups in total. The van der Waals surface area contributed by atoms with Crippen molar-refractivity contribution in [1.29, 1.82) is 0 Å². The summed E-state index contributed by atoms with van der Waals surface area (Å²) in [5.41, 5.74) is 13.6. The molecule has 4 atom stereocenters. The van der Waals surface area contributed by atoms with E-state index in [9.17, 15) is 28.8 Å². The van der Waals surface area contributed by atoms with Gasteiger partial charge in [-0.3, -0.25) is 28.8 Å². The van der Waals surface area contributed by atoms with Crippen molar-refractivity contribution in [3.05, 3.63) is 36.0 Å². The summed E-state index contributed by atoms with van der Waals surface area (Å²) in [6.07, 6.45) is 3.64. The van der Waals surface area contributed by atoms with Gasteiger partial charge in [-0.1, -0.05) is 45.9 Å². The number of rotatable bonds is 20. The highest BCUT2D eigenvalue weighted by molar-refractivity contribution is 5.96. The van der Waals surface area contributed by atoms with Gasteiger partial charge in [-0.05, 0) is 62.1 Å². The van der Waals surface area contributed by atoms with Gasteiger partial charge in [0.2, 0.25) is 29.5 Å². The SMILES string of the molecule is CC(C)C[C@H](NC(=O)[C@@H](N)Cc1c[nH]c2ccccc12)C(=O)N[C@H](C(=O)N[C@@H](CCCCN)C(=O)NCC(=O)NCC(=O)O)C(C)C. The predicted molar refractivity (Wildman–Crippen MR) is 177 cm³/mol. The zero-order valence-corrected chi connectivity index (χ0v) is 27.6. The average molecular weight is 659 g/mol. The Kier molecular flexibility index (Phi) is 15.8. The van der Waals surface area contributed by atoms with E-state index in [1.54, 1.807) is 20.0 Å². The normalized spacial score (nSPS) is 13.8. The van der Waals surface area contributed by atoms with Crippen LogP contribution in [0.5, 0.6) is 0 Å². The van der Waals surface area contributed by atoms with Crippen molar-refractivity contribution in [2.45, 2.75) is 84.0 Å². The number of carboxylic acids is 1. The van der Waals surface area contributed by atoms with E-state index in [0.717, 1.165) is 16.5 Å². The Hall–Kier alpha value is -4.50. The summed E-state index contributed by atoms with van der Waals surface area (Å²) in [5.74, 6) is -4.67. The topological polar surface area (TPSA) is 251 Å². The molecule has 0 bridgehead atoms. The summed E-state index contributed by atoms with van der Waals surface area (Å²) in [7, 11) is 0. The summed E-state index contributed by atoms with van der Waals surface area (Å²) in [5, 5.41) is 22.4. The van der Waals surface area contributed by atoms with Gasteiger partial charge < -0.3 is 48.1 Å². The fourth-order valence-electron chi connectivity index (χ4n) is 4.95. The van der Waals surface area contributed by atoms with Crippen LogP contribution in [-0.2, 0) is 35.2 Å². The molecule has 1 heterocycles. The van der Waals surface area contributed by atoms with E-state index in [1.165, 1.54) is 0 Å². The highest BCUT2D eigenvalue weighted by Gasteiger charge is 2.32. The van der Waals surface area contributed by atoms with Crippen LogP contribution in [-0.4, -0.2) is 89.4 Å². The number of aromatic amines is 1. The number of para-hydroxylation sites is 1. The molecule has 260 valence electrons. The molecule has 2 aromatic rings.